The number of carbonyl (C=O) groups is 2. The van der Waals surface area contributed by atoms with E-state index in [0.717, 1.165) is 16.5 Å². The van der Waals surface area contributed by atoms with Gasteiger partial charge in [-0.25, -0.2) is 14.2 Å². The number of aliphatic imine (C=N–C) groups is 2. The zero-order valence-electron chi connectivity index (χ0n) is 22.1. The van der Waals surface area contributed by atoms with Gasteiger partial charge in [0.2, 0.25) is 5.91 Å². The zero-order valence-corrected chi connectivity index (χ0v) is 22.9. The molecular formula is C29H30FN5O3S. The van der Waals surface area contributed by atoms with Crippen molar-refractivity contribution >= 4 is 51.1 Å². The van der Waals surface area contributed by atoms with Crippen LogP contribution in [0.2, 0.25) is 0 Å². The van der Waals surface area contributed by atoms with Gasteiger partial charge in [0.15, 0.2) is 5.66 Å². The Balaban J connectivity index is 1.29. The van der Waals surface area contributed by atoms with Crippen molar-refractivity contribution < 1.29 is 18.7 Å². The van der Waals surface area contributed by atoms with E-state index in [0.29, 0.717) is 42.4 Å². The van der Waals surface area contributed by atoms with Crippen LogP contribution >= 0.6 is 11.8 Å². The fraction of sp³-hybridized carbons (Fsp3) is 0.345. The smallest absolute Gasteiger partial charge is 0.410 e. The van der Waals surface area contributed by atoms with Crippen molar-refractivity contribution in [2.24, 2.45) is 9.98 Å². The van der Waals surface area contributed by atoms with Gasteiger partial charge in [-0.3, -0.25) is 14.8 Å². The lowest BCUT2D eigenvalue weighted by atomic mass is 9.99. The largest absolute Gasteiger partial charge is 0.444 e. The number of nitrogens with zero attached hydrogens (tertiary/aromatic N) is 4. The number of nitrogens with one attached hydrogen (secondary N) is 1. The number of anilines is 1. The van der Waals surface area contributed by atoms with E-state index in [1.54, 1.807) is 23.2 Å². The Morgan fingerprint density at radius 2 is 1.79 bits per heavy atom. The summed E-state index contributed by atoms with van der Waals surface area (Å²) in [4.78, 5) is 41.4. The molecule has 202 valence electrons. The van der Waals surface area contributed by atoms with Crippen molar-refractivity contribution in [3.8, 4) is 0 Å². The third-order valence-electron chi connectivity index (χ3n) is 6.38. The van der Waals surface area contributed by atoms with Gasteiger partial charge in [-0.15, -0.1) is 0 Å². The fourth-order valence-electron chi connectivity index (χ4n) is 4.49. The first-order valence-corrected chi connectivity index (χ1v) is 13.8. The van der Waals surface area contributed by atoms with Crippen molar-refractivity contribution in [1.29, 1.82) is 0 Å². The lowest BCUT2D eigenvalue weighted by molar-refractivity contribution is -0.113. The minimum Gasteiger partial charge on any atom is -0.444 e. The van der Waals surface area contributed by atoms with Crippen molar-refractivity contribution in [3.63, 3.8) is 0 Å². The number of amides is 2. The summed E-state index contributed by atoms with van der Waals surface area (Å²) < 4.78 is 19.1. The first-order chi connectivity index (χ1) is 18.6. The highest BCUT2D eigenvalue weighted by molar-refractivity contribution is 8.16. The standard InChI is InChI=1S/C29H30FN5O3S/c1-28(2,3)38-27(37)35-14-12-29(13-15-35)33-25(19-8-10-21(30)11-9-19)26(34-29)39-18-24(36)32-22-16-20-6-4-5-7-23(20)31-17-22/h4-11,16-17H,12-15,18H2,1-3H3,(H,32,36). The molecule has 2 aliphatic heterocycles. The van der Waals surface area contributed by atoms with Gasteiger partial charge in [0, 0.05) is 36.9 Å². The minimum absolute atomic E-state index is 0.117. The number of thioether (sulfide) groups is 1. The molecule has 2 amide bonds. The molecule has 0 bridgehead atoms. The molecule has 1 spiro atoms. The first-order valence-electron chi connectivity index (χ1n) is 12.8. The monoisotopic (exact) mass is 547 g/mol. The van der Waals surface area contributed by atoms with Gasteiger partial charge in [-0.2, -0.15) is 0 Å². The molecule has 1 fully saturated rings. The van der Waals surface area contributed by atoms with E-state index >= 15 is 0 Å². The van der Waals surface area contributed by atoms with Crippen LogP contribution < -0.4 is 5.32 Å². The average molecular weight is 548 g/mol. The Labute approximate surface area is 230 Å². The summed E-state index contributed by atoms with van der Waals surface area (Å²) in [7, 11) is 0. The number of rotatable bonds is 4. The number of halogens is 1. The van der Waals surface area contributed by atoms with Gasteiger partial charge >= 0.3 is 6.09 Å². The topological polar surface area (TPSA) is 96.2 Å². The maximum Gasteiger partial charge on any atom is 0.410 e. The molecule has 2 aromatic carbocycles. The van der Waals surface area contributed by atoms with Crippen LogP contribution in [0.25, 0.3) is 10.9 Å². The summed E-state index contributed by atoms with van der Waals surface area (Å²) in [5.74, 6) is -0.419. The number of likely N-dealkylation sites (tertiary alicyclic amines) is 1. The number of pyridine rings is 1. The Hall–Kier alpha value is -3.79. The van der Waals surface area contributed by atoms with Crippen LogP contribution in [0.4, 0.5) is 14.9 Å². The SMILES string of the molecule is CC(C)(C)OC(=O)N1CCC2(CC1)N=C(SCC(=O)Nc1cnc3ccccc3c1)C(c1ccc(F)cc1)=N2. The number of benzene rings is 2. The van der Waals surface area contributed by atoms with Crippen LogP contribution in [0, 0.1) is 5.82 Å². The van der Waals surface area contributed by atoms with E-state index in [-0.39, 0.29) is 23.6 Å². The number of piperidine rings is 1. The van der Waals surface area contributed by atoms with Crippen LogP contribution in [0.5, 0.6) is 0 Å². The molecule has 39 heavy (non-hydrogen) atoms. The molecule has 0 atom stereocenters. The quantitative estimate of drug-likeness (QED) is 0.454. The highest BCUT2D eigenvalue weighted by Gasteiger charge is 2.41. The fourth-order valence-corrected chi connectivity index (χ4v) is 5.36. The van der Waals surface area contributed by atoms with E-state index in [4.69, 9.17) is 14.7 Å². The molecule has 10 heteroatoms. The third kappa shape index (κ3) is 6.44. The molecule has 8 nitrogen and oxygen atoms in total. The Morgan fingerprint density at radius 1 is 1.08 bits per heavy atom. The number of fused-ring (bicyclic) bond motifs is 1. The van der Waals surface area contributed by atoms with Crippen molar-refractivity contribution in [2.75, 3.05) is 24.2 Å². The molecule has 1 N–H and O–H groups in total. The molecule has 0 unspecified atom stereocenters. The van der Waals surface area contributed by atoms with Crippen molar-refractivity contribution in [2.45, 2.75) is 44.9 Å². The molecule has 3 aromatic rings. The molecule has 2 aliphatic rings. The molecule has 5 rings (SSSR count). The molecule has 0 saturated carbocycles. The van der Waals surface area contributed by atoms with Gasteiger partial charge < -0.3 is 15.0 Å². The zero-order chi connectivity index (χ0) is 27.6. The Bertz CT molecular complexity index is 1460. The van der Waals surface area contributed by atoms with Crippen molar-refractivity contribution in [1.82, 2.24) is 9.88 Å². The molecule has 0 radical (unpaired) electrons. The average Bonchev–Trinajstić information content (AvgIpc) is 3.25. The van der Waals surface area contributed by atoms with E-state index in [1.165, 1.54) is 23.9 Å². The number of ether oxygens (including phenoxy) is 1. The number of hydrogen-bond acceptors (Lipinski definition) is 7. The summed E-state index contributed by atoms with van der Waals surface area (Å²) in [5.41, 5.74) is 1.53. The highest BCUT2D eigenvalue weighted by atomic mass is 32.2. The Kier molecular flexibility index (Phi) is 7.40. The number of para-hydroxylation sites is 1. The van der Waals surface area contributed by atoms with Crippen LogP contribution in [0.3, 0.4) is 0 Å². The second-order valence-electron chi connectivity index (χ2n) is 10.6. The summed E-state index contributed by atoms with van der Waals surface area (Å²) in [6.07, 6.45) is 2.33. The molecule has 1 aromatic heterocycles. The number of carbonyl (C=O) groups excluding carboxylic acids is 2. The van der Waals surface area contributed by atoms with Crippen molar-refractivity contribution in [3.05, 3.63) is 72.2 Å². The third-order valence-corrected chi connectivity index (χ3v) is 7.34. The lowest BCUT2D eigenvalue weighted by Crippen LogP contribution is -2.46. The first kappa shape index (κ1) is 26.8. The highest BCUT2D eigenvalue weighted by Crippen LogP contribution is 2.36. The van der Waals surface area contributed by atoms with Gasteiger partial charge in [0.05, 0.1) is 28.9 Å². The second-order valence-corrected chi connectivity index (χ2v) is 11.6. The van der Waals surface area contributed by atoms with E-state index in [9.17, 15) is 14.0 Å². The maximum atomic E-state index is 13.6. The van der Waals surface area contributed by atoms with Gasteiger partial charge in [0.1, 0.15) is 16.5 Å². The van der Waals surface area contributed by atoms with Crippen LogP contribution in [0.1, 0.15) is 39.2 Å². The molecule has 1 saturated heterocycles. The lowest BCUT2D eigenvalue weighted by Gasteiger charge is -2.36. The molecular weight excluding hydrogens is 517 g/mol. The van der Waals surface area contributed by atoms with E-state index < -0.39 is 11.3 Å². The number of hydrogen-bond donors (Lipinski definition) is 1. The van der Waals surface area contributed by atoms with E-state index in [2.05, 4.69) is 10.3 Å². The summed E-state index contributed by atoms with van der Waals surface area (Å²) in [5, 5.41) is 4.47. The second kappa shape index (κ2) is 10.8. The van der Waals surface area contributed by atoms with Crippen LogP contribution in [-0.2, 0) is 9.53 Å². The van der Waals surface area contributed by atoms with Crippen LogP contribution in [-0.4, -0.2) is 62.7 Å². The number of aromatic nitrogens is 1. The van der Waals surface area contributed by atoms with Gasteiger partial charge in [0.25, 0.3) is 0 Å². The van der Waals surface area contributed by atoms with Crippen LogP contribution in [0.15, 0.2) is 70.8 Å². The summed E-state index contributed by atoms with van der Waals surface area (Å²) in [6.45, 7) is 6.42. The minimum atomic E-state index is -0.733. The molecule has 0 aliphatic carbocycles. The maximum absolute atomic E-state index is 13.6. The predicted molar refractivity (Wildman–Crippen MR) is 153 cm³/mol. The van der Waals surface area contributed by atoms with Gasteiger partial charge in [-0.1, -0.05) is 30.0 Å². The van der Waals surface area contributed by atoms with Gasteiger partial charge in [-0.05, 0) is 57.2 Å². The predicted octanol–water partition coefficient (Wildman–Crippen LogP) is 5.67. The molecule has 3 heterocycles. The van der Waals surface area contributed by atoms with E-state index in [1.807, 2.05) is 51.1 Å². The summed E-state index contributed by atoms with van der Waals surface area (Å²) >= 11 is 1.29. The Morgan fingerprint density at radius 3 is 2.51 bits per heavy atom. The summed E-state index contributed by atoms with van der Waals surface area (Å²) in [6, 6.07) is 15.7. The normalized spacial score (nSPS) is 16.7.